The molecule has 11 aromatic carbocycles. The first-order valence-electron chi connectivity index (χ1n) is 50.3. The molecule has 12 atom stereocenters. The van der Waals surface area contributed by atoms with Gasteiger partial charge in [0, 0.05) is 38.8 Å². The molecule has 0 aromatic heterocycles. The van der Waals surface area contributed by atoms with Crippen molar-refractivity contribution in [2.24, 2.45) is 17.3 Å². The van der Waals surface area contributed by atoms with Crippen molar-refractivity contribution in [1.82, 2.24) is 20.3 Å². The maximum atomic E-state index is 14.0. The van der Waals surface area contributed by atoms with Crippen LogP contribution in [0.25, 0.3) is 32.3 Å². The molecule has 0 bridgehead atoms. The minimum atomic E-state index is -3.34. The summed E-state index contributed by atoms with van der Waals surface area (Å²) in [5.74, 6) is -0.394. The van der Waals surface area contributed by atoms with Crippen LogP contribution in [-0.4, -0.2) is 131 Å². The average molecular weight is 2170 g/mol. The van der Waals surface area contributed by atoms with E-state index in [0.717, 1.165) is 43.4 Å². The fourth-order valence-electron chi connectivity index (χ4n) is 13.5. The van der Waals surface area contributed by atoms with Crippen molar-refractivity contribution < 1.29 is 112 Å². The van der Waals surface area contributed by atoms with Gasteiger partial charge in [0.05, 0.1) is 59.9 Å². The van der Waals surface area contributed by atoms with E-state index in [1.807, 2.05) is 297 Å². The smallest absolute Gasteiger partial charge is 0.323 e. The quantitative estimate of drug-likeness (QED) is 0.0157. The summed E-state index contributed by atoms with van der Waals surface area (Å²) in [5.41, 5.74) is 0.866. The van der Waals surface area contributed by atoms with E-state index >= 15 is 0 Å². The monoisotopic (exact) mass is 2160 g/mol. The largest absolute Gasteiger partial charge is 0.465 e. The molecule has 0 aliphatic carbocycles. The molecule has 0 aliphatic heterocycles. The summed E-state index contributed by atoms with van der Waals surface area (Å²) in [6, 6.07) is 83.4. The van der Waals surface area contributed by atoms with E-state index in [-0.39, 0.29) is 79.2 Å². The predicted molar refractivity (Wildman–Crippen MR) is 601 cm³/mol. The number of hydrogen-bond acceptors (Lipinski definition) is 24. The lowest BCUT2D eigenvalue weighted by molar-refractivity contribution is -0.149. The van der Waals surface area contributed by atoms with Crippen LogP contribution in [0.5, 0.6) is 34.5 Å². The second kappa shape index (κ2) is 58.6. The second-order valence-corrected chi connectivity index (χ2v) is 58.7. The molecular weight excluding hydrogens is 2010 g/mol. The fraction of sp³-hybridized carbons (Fsp3) is 0.426. The van der Waals surface area contributed by atoms with Crippen molar-refractivity contribution in [1.29, 1.82) is 0 Å². The number of hydrogen-bond donors (Lipinski definition) is 4. The van der Waals surface area contributed by atoms with Crippen LogP contribution in [0.3, 0.4) is 0 Å². The predicted octanol–water partition coefficient (Wildman–Crippen LogP) is 29.1. The van der Waals surface area contributed by atoms with Crippen LogP contribution in [0.15, 0.2) is 279 Å². The van der Waals surface area contributed by atoms with Crippen molar-refractivity contribution in [2.45, 2.75) is 270 Å². The standard InChI is InChI=1S/2C25H29O4P.C21H30NO4P.2C15H24NO4P.C14H22NO4P/c2*1-19(24(26)28-17-20-11-6-5-7-12-20)18-30(27,25(2,3)4)29-23-16-10-14-21-13-8-9-15-22(21)23;1-15(2)27(24,22-16(3)20(23)25-14-21(4,5)6)26-19-13-9-11-17-10-7-8-12-18(17)19;1-11(2)19-15(17)13(5)16-21(18,12(3)4)20-14-9-7-6-8-10-14;1-6-19-14(17)12(2)16-21(18,15(3,4)5)20-13-10-8-7-9-11-13;1-5-18-14(16)12(4)15-20(17,11(2)3)19-13-9-7-6-8-10-13/h2*5-16,19H,17-18H2,1-4H3;7-13,15-16H,14H2,1-6H3,(H,22,24);6-13H,1-5H3,(H,16,18);7-12H,6H2,1-5H3,(H,16,18);6-12H,5H2,1-4H3,(H,15,17)/t2*19-,30?;16-,27?;13-,21-;12-,21?;12-,20?/m101110/s1. The molecule has 0 saturated heterocycles. The first-order valence-corrected chi connectivity index (χ1v) is 60.6. The average Bonchev–Trinajstić information content (AvgIpc) is 0.776. The zero-order valence-electron chi connectivity index (χ0n) is 91.8. The highest BCUT2D eigenvalue weighted by atomic mass is 31.2. The third kappa shape index (κ3) is 40.9. The number of para-hydroxylation sites is 3. The van der Waals surface area contributed by atoms with Gasteiger partial charge in [-0.3, -0.25) is 56.2 Å². The van der Waals surface area contributed by atoms with Gasteiger partial charge in [0.2, 0.25) is 0 Å². The molecule has 0 radical (unpaired) electrons. The number of nitrogens with one attached hydrogen (secondary N) is 4. The SMILES string of the molecule is CC(C)OC(=O)[C@@H](C)N[P@](=O)(Oc1ccccc1)C(C)C.CC(C)P(=O)(N[C@H](C)C(=O)OCC(C)(C)C)Oc1cccc2ccccc12.CCOC(=O)[C@@H](C)NP(=O)(Oc1ccccc1)C(C)(C)C.CCOC(=O)[C@H](C)NP(=O)(Oc1ccccc1)C(C)C.C[C@@H](CP(=O)(Oc1cccc2ccccc12)C(C)(C)C)C(=O)OCc1ccccc1.C[C@H](CP(=O)(Oc1cccc2ccccc12)C(C)(C)C)C(=O)OCc1ccccc1. The highest BCUT2D eigenvalue weighted by molar-refractivity contribution is 7.61. The molecule has 5 unspecified atom stereocenters. The summed E-state index contributed by atoms with van der Waals surface area (Å²) < 4.78 is 147. The Morgan fingerprint density at radius 2 is 0.544 bits per heavy atom. The molecule has 0 saturated carbocycles. The Hall–Kier alpha value is -11.0. The van der Waals surface area contributed by atoms with Crippen molar-refractivity contribution in [3.63, 3.8) is 0 Å². The van der Waals surface area contributed by atoms with Gasteiger partial charge in [-0.1, -0.05) is 342 Å². The molecule has 4 N–H and O–H groups in total. The van der Waals surface area contributed by atoms with Crippen LogP contribution < -0.4 is 47.5 Å². The Bertz CT molecular complexity index is 6180. The summed E-state index contributed by atoms with van der Waals surface area (Å²) in [7, 11) is -19.5. The van der Waals surface area contributed by atoms with Crippen molar-refractivity contribution in [3.8, 4) is 34.5 Å². The molecule has 11 rings (SSSR count). The van der Waals surface area contributed by atoms with Crippen LogP contribution in [0, 0.1) is 17.3 Å². The molecule has 812 valence electrons. The third-order valence-electron chi connectivity index (χ3n) is 22.6. The maximum absolute atomic E-state index is 14.0. The van der Waals surface area contributed by atoms with E-state index in [1.54, 1.807) is 176 Å². The minimum absolute atomic E-state index is 0.118. The van der Waals surface area contributed by atoms with Crippen LogP contribution in [0.2, 0.25) is 0 Å². The van der Waals surface area contributed by atoms with Crippen LogP contribution in [0.4, 0.5) is 0 Å². The lowest BCUT2D eigenvalue weighted by Crippen LogP contribution is -2.39. The maximum Gasteiger partial charge on any atom is 0.323 e. The molecule has 28 nitrogen and oxygen atoms in total. The van der Waals surface area contributed by atoms with Gasteiger partial charge in [0.15, 0.2) is 0 Å². The van der Waals surface area contributed by atoms with E-state index < -0.39 is 120 Å². The van der Waals surface area contributed by atoms with Crippen LogP contribution in [-0.2, 0) is 97.8 Å². The summed E-state index contributed by atoms with van der Waals surface area (Å²) in [5, 5.41) is 15.1. The van der Waals surface area contributed by atoms with Crippen LogP contribution in [0.1, 0.15) is 205 Å². The zero-order chi connectivity index (χ0) is 111. The molecule has 0 heterocycles. The fourth-order valence-corrected chi connectivity index (χ4v) is 24.6. The number of ether oxygens (including phenoxy) is 6. The summed E-state index contributed by atoms with van der Waals surface area (Å²) >= 11 is 0. The number of carbonyl (C=O) groups is 6. The van der Waals surface area contributed by atoms with Gasteiger partial charge in [-0.15, -0.1) is 0 Å². The summed E-state index contributed by atoms with van der Waals surface area (Å²) in [6.07, 6.45) is 0.0240. The Balaban J connectivity index is 0.000000275. The highest BCUT2D eigenvalue weighted by Crippen LogP contribution is 2.62. The van der Waals surface area contributed by atoms with Crippen LogP contribution >= 0.6 is 44.8 Å². The zero-order valence-corrected chi connectivity index (χ0v) is 97.1. The van der Waals surface area contributed by atoms with E-state index in [4.69, 9.17) is 55.6 Å². The van der Waals surface area contributed by atoms with Gasteiger partial charge in [0.25, 0.3) is 14.7 Å². The van der Waals surface area contributed by atoms with E-state index in [9.17, 15) is 56.2 Å². The van der Waals surface area contributed by atoms with Gasteiger partial charge in [-0.2, -0.15) is 0 Å². The highest BCUT2D eigenvalue weighted by Gasteiger charge is 2.46. The van der Waals surface area contributed by atoms with E-state index in [1.165, 1.54) is 0 Å². The number of fused-ring (bicyclic) bond motifs is 3. The lowest BCUT2D eigenvalue weighted by atomic mass is 9.99. The Morgan fingerprint density at radius 3 is 0.839 bits per heavy atom. The van der Waals surface area contributed by atoms with Crippen molar-refractivity contribution >= 4 is 113 Å². The number of esters is 6. The topological polar surface area (TPSA) is 364 Å². The summed E-state index contributed by atoms with van der Waals surface area (Å²) in [4.78, 5) is 72.7. The number of carbonyl (C=O) groups excluding carboxylic acids is 6. The van der Waals surface area contributed by atoms with E-state index in [0.29, 0.717) is 41.1 Å². The van der Waals surface area contributed by atoms with Crippen molar-refractivity contribution in [2.75, 3.05) is 32.1 Å². The summed E-state index contributed by atoms with van der Waals surface area (Å²) in [6.45, 7) is 51.8. The van der Waals surface area contributed by atoms with Gasteiger partial charge in [-0.25, -0.2) is 20.3 Å². The minimum Gasteiger partial charge on any atom is -0.465 e. The molecule has 0 amide bonds. The molecule has 0 fully saturated rings. The Kier molecular flexibility index (Phi) is 49.8. The molecular formula is C115H158N4O24P6. The molecule has 0 aliphatic rings. The van der Waals surface area contributed by atoms with Gasteiger partial charge >= 0.3 is 65.9 Å². The molecule has 149 heavy (non-hydrogen) atoms. The first-order chi connectivity index (χ1) is 69.7. The molecule has 34 heteroatoms. The Labute approximate surface area is 883 Å². The van der Waals surface area contributed by atoms with Gasteiger partial charge < -0.3 is 55.6 Å². The third-order valence-corrected chi connectivity index (χ3v) is 40.5. The first kappa shape index (κ1) is 127. The Morgan fingerprint density at radius 1 is 0.275 bits per heavy atom. The number of benzene rings is 11. The van der Waals surface area contributed by atoms with Gasteiger partial charge in [0.1, 0.15) is 71.9 Å². The lowest BCUT2D eigenvalue weighted by Gasteiger charge is -2.33. The van der Waals surface area contributed by atoms with E-state index in [2.05, 4.69) is 20.3 Å². The van der Waals surface area contributed by atoms with Gasteiger partial charge in [-0.05, 0) is 163 Å². The normalized spacial score (nSPS) is 15.2. The van der Waals surface area contributed by atoms with Crippen molar-refractivity contribution in [3.05, 3.63) is 290 Å². The second-order valence-electron chi connectivity index (χ2n) is 41.3. The number of rotatable bonds is 41. The molecule has 11 aromatic rings. The molecule has 0 spiro atoms.